The van der Waals surface area contributed by atoms with Gasteiger partial charge in [0, 0.05) is 17.5 Å². The first-order chi connectivity index (χ1) is 13.7. The Bertz CT molecular complexity index is 666. The van der Waals surface area contributed by atoms with E-state index in [0.29, 0.717) is 16.5 Å². The van der Waals surface area contributed by atoms with Gasteiger partial charge in [-0.2, -0.15) is 0 Å². The lowest BCUT2D eigenvalue weighted by atomic mass is 10.1. The smallest absolute Gasteiger partial charge is 0.321 e. The number of nitrogens with zero attached hydrogens (tertiary/aromatic N) is 1. The fraction of sp³-hybridized carbons (Fsp3) is 0.476. The van der Waals surface area contributed by atoms with E-state index in [1.807, 2.05) is 13.8 Å². The van der Waals surface area contributed by atoms with Gasteiger partial charge in [-0.15, -0.1) is 0 Å². The molecule has 0 fully saturated rings. The molecule has 7 nitrogen and oxygen atoms in total. The number of carboxylic acid groups (broad SMARTS) is 2. The molecule has 0 bridgehead atoms. The van der Waals surface area contributed by atoms with Crippen molar-refractivity contribution in [1.29, 1.82) is 0 Å². The van der Waals surface area contributed by atoms with Crippen molar-refractivity contribution >= 4 is 29.6 Å². The molecule has 0 aliphatic rings. The van der Waals surface area contributed by atoms with Crippen LogP contribution in [0.5, 0.6) is 0 Å². The number of rotatable bonds is 10. The molecule has 1 heterocycles. The zero-order valence-electron chi connectivity index (χ0n) is 17.8. The van der Waals surface area contributed by atoms with Crippen LogP contribution in [0.15, 0.2) is 40.4 Å². The van der Waals surface area contributed by atoms with Crippen molar-refractivity contribution in [3.05, 3.63) is 47.4 Å². The molecule has 1 atom stereocenters. The summed E-state index contributed by atoms with van der Waals surface area (Å²) in [4.78, 5) is 21.5. The molecule has 1 aromatic heterocycles. The maximum Gasteiger partial charge on any atom is 0.321 e. The van der Waals surface area contributed by atoms with Gasteiger partial charge in [0.2, 0.25) is 0 Å². The van der Waals surface area contributed by atoms with Crippen LogP contribution in [-0.2, 0) is 16.0 Å². The number of carbonyl (C=O) groups is 2. The van der Waals surface area contributed by atoms with Crippen molar-refractivity contribution in [3.8, 4) is 0 Å². The Morgan fingerprint density at radius 3 is 2.38 bits per heavy atom. The maximum absolute atomic E-state index is 11.0. The molecule has 0 saturated heterocycles. The summed E-state index contributed by atoms with van der Waals surface area (Å²) in [6.07, 6.45) is 7.62. The van der Waals surface area contributed by atoms with Gasteiger partial charge in [-0.25, -0.2) is 0 Å². The lowest BCUT2D eigenvalue weighted by Gasteiger charge is -2.10. The summed E-state index contributed by atoms with van der Waals surface area (Å²) in [5, 5.41) is 24.2. The van der Waals surface area contributed by atoms with E-state index in [-0.39, 0.29) is 6.42 Å². The predicted molar refractivity (Wildman–Crippen MR) is 117 cm³/mol. The number of nitrogens with one attached hydrogen (secondary N) is 1. The summed E-state index contributed by atoms with van der Waals surface area (Å²) in [5.74, 6) is -1.000. The van der Waals surface area contributed by atoms with Gasteiger partial charge in [-0.1, -0.05) is 76.5 Å². The summed E-state index contributed by atoms with van der Waals surface area (Å²) >= 11 is 5.72. The van der Waals surface area contributed by atoms with E-state index in [1.165, 1.54) is 12.5 Å². The molecule has 8 heteroatoms. The van der Waals surface area contributed by atoms with Gasteiger partial charge < -0.3 is 14.7 Å². The number of carboxylic acids is 2. The number of allylic oxidation sites excluding steroid dienone is 4. The molecule has 1 rings (SSSR count). The van der Waals surface area contributed by atoms with Crippen molar-refractivity contribution in [2.24, 2.45) is 5.92 Å². The van der Waals surface area contributed by atoms with E-state index in [0.717, 1.165) is 5.92 Å². The number of hydrogen-bond donors (Lipinski definition) is 3. The standard InChI is InChI=1S/C14H15ClN2O5.C5H12.C2H6/c1-2-9(15)4-3-5-11-6-10(17-22-11)7-12(14(20)21)16-8-13(18)19;1-4-5(2)3;1-2/h2-6,12,16H,1,7-8H2,(H,18,19)(H,20,21);5H,4H2,1-3H3;1-2H3/b5-3+,9-4+;;/t12-;;/m0../s1. The summed E-state index contributed by atoms with van der Waals surface area (Å²) in [6.45, 7) is 13.7. The van der Waals surface area contributed by atoms with E-state index in [2.05, 4.69) is 37.8 Å². The molecular formula is C21H33ClN2O5. The summed E-state index contributed by atoms with van der Waals surface area (Å²) in [5.41, 5.74) is 0.392. The Hall–Kier alpha value is -2.38. The third kappa shape index (κ3) is 16.3. The van der Waals surface area contributed by atoms with E-state index < -0.39 is 24.5 Å². The molecule has 0 aliphatic heterocycles. The zero-order chi connectivity index (χ0) is 22.8. The molecule has 1 aromatic rings. The van der Waals surface area contributed by atoms with Gasteiger partial charge in [-0.3, -0.25) is 14.9 Å². The average Bonchev–Trinajstić information content (AvgIpc) is 3.13. The number of aromatic nitrogens is 1. The molecule has 0 aromatic carbocycles. The Balaban J connectivity index is 0. The highest BCUT2D eigenvalue weighted by molar-refractivity contribution is 6.31. The first-order valence-corrected chi connectivity index (χ1v) is 9.87. The van der Waals surface area contributed by atoms with Crippen LogP contribution in [0.1, 0.15) is 52.5 Å². The van der Waals surface area contributed by atoms with Gasteiger partial charge in [0.25, 0.3) is 0 Å². The van der Waals surface area contributed by atoms with Gasteiger partial charge >= 0.3 is 11.9 Å². The summed E-state index contributed by atoms with van der Waals surface area (Å²) in [6, 6.07) is 0.498. The third-order valence-corrected chi connectivity index (χ3v) is 3.60. The van der Waals surface area contributed by atoms with Crippen LogP contribution in [0.3, 0.4) is 0 Å². The van der Waals surface area contributed by atoms with Crippen LogP contribution in [0, 0.1) is 5.92 Å². The minimum Gasteiger partial charge on any atom is -0.480 e. The lowest BCUT2D eigenvalue weighted by Crippen LogP contribution is -2.41. The second kappa shape index (κ2) is 17.7. The fourth-order valence-electron chi connectivity index (χ4n) is 1.47. The van der Waals surface area contributed by atoms with Gasteiger partial charge in [-0.05, 0) is 18.1 Å². The van der Waals surface area contributed by atoms with Crippen LogP contribution in [0.25, 0.3) is 6.08 Å². The highest BCUT2D eigenvalue weighted by Crippen LogP contribution is 2.09. The first-order valence-electron chi connectivity index (χ1n) is 9.49. The molecule has 0 aliphatic carbocycles. The molecule has 164 valence electrons. The second-order valence-electron chi connectivity index (χ2n) is 6.01. The van der Waals surface area contributed by atoms with Crippen LogP contribution in [0.4, 0.5) is 0 Å². The molecule has 0 saturated carbocycles. The average molecular weight is 429 g/mol. The van der Waals surface area contributed by atoms with Gasteiger partial charge in [0.1, 0.15) is 6.04 Å². The maximum atomic E-state index is 11.0. The molecular weight excluding hydrogens is 396 g/mol. The SMILES string of the molecule is C=C/C(Cl)=C\C=C\c1cc(C[C@H](NCC(=O)O)C(=O)O)no1.CC.CCC(C)C. The lowest BCUT2D eigenvalue weighted by molar-refractivity contribution is -0.140. The van der Waals surface area contributed by atoms with E-state index in [1.54, 1.807) is 24.3 Å². The second-order valence-corrected chi connectivity index (χ2v) is 6.44. The van der Waals surface area contributed by atoms with Crippen LogP contribution < -0.4 is 5.32 Å². The predicted octanol–water partition coefficient (Wildman–Crippen LogP) is 4.75. The molecule has 29 heavy (non-hydrogen) atoms. The number of hydrogen-bond acceptors (Lipinski definition) is 5. The molecule has 0 amide bonds. The number of halogens is 1. The molecule has 0 unspecified atom stereocenters. The highest BCUT2D eigenvalue weighted by Gasteiger charge is 2.20. The monoisotopic (exact) mass is 428 g/mol. The molecule has 3 N–H and O–H groups in total. The Morgan fingerprint density at radius 1 is 1.34 bits per heavy atom. The van der Waals surface area contributed by atoms with Crippen LogP contribution >= 0.6 is 11.6 Å². The third-order valence-electron chi connectivity index (χ3n) is 3.32. The number of aliphatic carboxylic acids is 2. The summed E-state index contributed by atoms with van der Waals surface area (Å²) < 4.78 is 5.01. The van der Waals surface area contributed by atoms with Gasteiger partial charge in [0.15, 0.2) is 5.76 Å². The van der Waals surface area contributed by atoms with Crippen LogP contribution in [0.2, 0.25) is 0 Å². The zero-order valence-corrected chi connectivity index (χ0v) is 18.6. The normalized spacial score (nSPS) is 11.9. The Kier molecular flexibility index (Phi) is 17.6. The Morgan fingerprint density at radius 2 is 1.93 bits per heavy atom. The minimum absolute atomic E-state index is 0.00318. The first kappa shape index (κ1) is 28.8. The van der Waals surface area contributed by atoms with Crippen molar-refractivity contribution < 1.29 is 24.3 Å². The van der Waals surface area contributed by atoms with Crippen LogP contribution in [-0.4, -0.2) is 39.9 Å². The van der Waals surface area contributed by atoms with Crippen molar-refractivity contribution in [2.45, 2.75) is 53.5 Å². The van der Waals surface area contributed by atoms with E-state index in [9.17, 15) is 9.59 Å². The van der Waals surface area contributed by atoms with Crippen molar-refractivity contribution in [3.63, 3.8) is 0 Å². The van der Waals surface area contributed by atoms with E-state index >= 15 is 0 Å². The highest BCUT2D eigenvalue weighted by atomic mass is 35.5. The van der Waals surface area contributed by atoms with E-state index in [4.69, 9.17) is 26.3 Å². The molecule has 0 spiro atoms. The Labute approximate surface area is 178 Å². The minimum atomic E-state index is -1.16. The van der Waals surface area contributed by atoms with Crippen molar-refractivity contribution in [1.82, 2.24) is 10.5 Å². The quantitative estimate of drug-likeness (QED) is 0.461. The summed E-state index contributed by atoms with van der Waals surface area (Å²) in [7, 11) is 0. The topological polar surface area (TPSA) is 113 Å². The van der Waals surface area contributed by atoms with Crippen molar-refractivity contribution in [2.75, 3.05) is 6.54 Å². The van der Waals surface area contributed by atoms with Gasteiger partial charge in [0.05, 0.1) is 12.2 Å². The largest absolute Gasteiger partial charge is 0.480 e. The fourth-order valence-corrected chi connectivity index (χ4v) is 1.55. The molecule has 0 radical (unpaired) electrons.